The second kappa shape index (κ2) is 19.0. The quantitative estimate of drug-likeness (QED) is 0.0689. The SMILES string of the molecule is [C-]#[N+]C1(c2ccc(N(CCCCOC(=O)N[C@H](C(=O)N3C[C@H](O)C[C@H]3C(=O)N[C@@H](C)c3ccc(-c4scnc4C)cc3)C(C)(C)C)c3cc(-c4c(C)noc4C)ccc3C)cc2)CC1. The van der Waals surface area contributed by atoms with Crippen LogP contribution in [0.1, 0.15) is 99.7 Å². The van der Waals surface area contributed by atoms with Gasteiger partial charge >= 0.3 is 6.09 Å². The molecule has 1 saturated heterocycles. The van der Waals surface area contributed by atoms with Gasteiger partial charge in [0.1, 0.15) is 17.8 Å². The van der Waals surface area contributed by atoms with Crippen LogP contribution in [-0.4, -0.2) is 75.9 Å². The fourth-order valence-corrected chi connectivity index (χ4v) is 9.40. The second-order valence-electron chi connectivity index (χ2n) is 18.3. The summed E-state index contributed by atoms with van der Waals surface area (Å²) in [6.45, 7) is 23.7. The van der Waals surface area contributed by atoms with Crippen molar-refractivity contribution < 1.29 is 28.8 Å². The van der Waals surface area contributed by atoms with E-state index in [1.54, 1.807) is 11.3 Å². The van der Waals surface area contributed by atoms with Gasteiger partial charge in [0.15, 0.2) is 0 Å². The number of hydrogen-bond donors (Lipinski definition) is 3. The highest BCUT2D eigenvalue weighted by molar-refractivity contribution is 7.13. The van der Waals surface area contributed by atoms with Crippen molar-refractivity contribution >= 4 is 40.6 Å². The zero-order chi connectivity index (χ0) is 45.9. The van der Waals surface area contributed by atoms with Crippen molar-refractivity contribution in [2.45, 2.75) is 117 Å². The van der Waals surface area contributed by atoms with Crippen molar-refractivity contribution in [3.8, 4) is 21.6 Å². The van der Waals surface area contributed by atoms with E-state index in [2.05, 4.69) is 79.9 Å². The first-order chi connectivity index (χ1) is 30.5. The number of unbranched alkanes of at least 4 members (excludes halogenated alkanes) is 1. The fourth-order valence-electron chi connectivity index (χ4n) is 8.59. The molecule has 2 aliphatic rings. The molecular formula is C50H59N7O6S. The van der Waals surface area contributed by atoms with Crippen molar-refractivity contribution in [3.63, 3.8) is 0 Å². The number of anilines is 2. The Morgan fingerprint density at radius 3 is 2.31 bits per heavy atom. The molecule has 4 atom stereocenters. The molecule has 0 radical (unpaired) electrons. The van der Waals surface area contributed by atoms with Gasteiger partial charge in [0.25, 0.3) is 5.54 Å². The van der Waals surface area contributed by atoms with Crippen LogP contribution in [0.3, 0.4) is 0 Å². The van der Waals surface area contributed by atoms with Crippen molar-refractivity contribution in [1.29, 1.82) is 0 Å². The standard InChI is InChI=1S/C50H59N7O6S/c1-30-12-13-37(43-32(3)55-63-34(43)5)26-41(30)56(39-20-18-38(19-21-39)50(51-9)22-23-50)24-10-11-25-62-48(61)54-45(49(6,7)8)47(60)57-28-40(58)27-42(57)46(59)53-31(2)35-14-16-36(17-15-35)44-33(4)52-29-64-44/h12-21,26,29,31,40,42,45,58H,10-11,22-25,27-28H2,1-8H3,(H,53,59)(H,54,61)/t31-,40+,42-,45+/m0/s1. The van der Waals surface area contributed by atoms with Crippen molar-refractivity contribution in [3.05, 3.63) is 117 Å². The molecule has 5 aromatic rings. The van der Waals surface area contributed by atoms with Crippen LogP contribution in [-0.2, 0) is 19.9 Å². The molecule has 0 bridgehead atoms. The molecule has 1 aliphatic carbocycles. The van der Waals surface area contributed by atoms with Crippen LogP contribution in [0.5, 0.6) is 0 Å². The number of likely N-dealkylation sites (tertiary alicyclic amines) is 1. The minimum atomic E-state index is -1.02. The third-order valence-corrected chi connectivity index (χ3v) is 13.5. The molecule has 7 rings (SSSR count). The molecule has 3 N–H and O–H groups in total. The normalized spacial score (nSPS) is 17.6. The lowest BCUT2D eigenvalue weighted by atomic mass is 9.85. The number of rotatable bonds is 15. The van der Waals surface area contributed by atoms with E-state index in [4.69, 9.17) is 15.8 Å². The van der Waals surface area contributed by atoms with E-state index in [-0.39, 0.29) is 31.5 Å². The number of alkyl carbamates (subject to hydrolysis) is 1. The maximum Gasteiger partial charge on any atom is 0.407 e. The predicted octanol–water partition coefficient (Wildman–Crippen LogP) is 9.51. The molecule has 1 saturated carbocycles. The van der Waals surface area contributed by atoms with Crippen molar-refractivity contribution in [2.24, 2.45) is 5.41 Å². The summed E-state index contributed by atoms with van der Waals surface area (Å²) >= 11 is 1.58. The number of nitrogens with one attached hydrogen (secondary N) is 2. The molecule has 0 unspecified atom stereocenters. The van der Waals surface area contributed by atoms with Gasteiger partial charge in [-0.2, -0.15) is 0 Å². The number of carbonyl (C=O) groups excluding carboxylic acids is 3. The Balaban J connectivity index is 0.975. The van der Waals surface area contributed by atoms with Gasteiger partial charge in [-0.3, -0.25) is 9.59 Å². The summed E-state index contributed by atoms with van der Waals surface area (Å²) in [5.41, 5.74) is 10.5. The Morgan fingerprint density at radius 1 is 1.00 bits per heavy atom. The number of ether oxygens (including phenoxy) is 1. The molecule has 2 aromatic heterocycles. The Bertz CT molecular complexity index is 2490. The second-order valence-corrected chi connectivity index (χ2v) is 19.2. The zero-order valence-corrected chi connectivity index (χ0v) is 38.8. The van der Waals surface area contributed by atoms with E-state index in [1.165, 1.54) is 4.90 Å². The molecule has 336 valence electrons. The van der Waals surface area contributed by atoms with Gasteiger partial charge in [0, 0.05) is 54.9 Å². The highest BCUT2D eigenvalue weighted by Gasteiger charge is 2.52. The number of amides is 3. The van der Waals surface area contributed by atoms with Gasteiger partial charge in [0.2, 0.25) is 11.8 Å². The highest BCUT2D eigenvalue weighted by Crippen LogP contribution is 2.50. The molecule has 2 fully saturated rings. The molecule has 13 nitrogen and oxygen atoms in total. The first kappa shape index (κ1) is 46.0. The van der Waals surface area contributed by atoms with Gasteiger partial charge in [-0.15, -0.1) is 11.3 Å². The van der Waals surface area contributed by atoms with E-state index in [0.29, 0.717) is 19.4 Å². The Morgan fingerprint density at radius 2 is 1.70 bits per heavy atom. The van der Waals surface area contributed by atoms with E-state index in [1.807, 2.05) is 78.2 Å². The number of aliphatic hydroxyl groups excluding tert-OH is 1. The lowest BCUT2D eigenvalue weighted by molar-refractivity contribution is -0.142. The number of carbonyl (C=O) groups is 3. The lowest BCUT2D eigenvalue weighted by Gasteiger charge is -2.35. The smallest absolute Gasteiger partial charge is 0.407 e. The fraction of sp³-hybridized carbons (Fsp3) is 0.440. The minimum Gasteiger partial charge on any atom is -0.450 e. The number of β-amino-alcohol motifs (C(OH)–C–C–N with tert-alkyl or cyclic N) is 1. The van der Waals surface area contributed by atoms with Gasteiger partial charge in [-0.05, 0) is 105 Å². The predicted molar refractivity (Wildman–Crippen MR) is 249 cm³/mol. The number of benzene rings is 3. The van der Waals surface area contributed by atoms with Crippen LogP contribution in [0.15, 0.2) is 76.8 Å². The Kier molecular flexibility index (Phi) is 13.6. The first-order valence-electron chi connectivity index (χ1n) is 22.0. The highest BCUT2D eigenvalue weighted by atomic mass is 32.1. The summed E-state index contributed by atoms with van der Waals surface area (Å²) in [5.74, 6) is -0.0871. The van der Waals surface area contributed by atoms with Crippen LogP contribution in [0.2, 0.25) is 0 Å². The third-order valence-electron chi connectivity index (χ3n) is 12.5. The molecule has 3 heterocycles. The summed E-state index contributed by atoms with van der Waals surface area (Å²) in [5, 5.41) is 20.7. The Hall–Kier alpha value is -6.04. The van der Waals surface area contributed by atoms with Gasteiger partial charge in [-0.1, -0.05) is 62.3 Å². The summed E-state index contributed by atoms with van der Waals surface area (Å²) in [6, 6.07) is 20.3. The minimum absolute atomic E-state index is 0.0300. The largest absolute Gasteiger partial charge is 0.450 e. The van der Waals surface area contributed by atoms with Crippen LogP contribution in [0.4, 0.5) is 16.2 Å². The van der Waals surface area contributed by atoms with Crippen molar-refractivity contribution in [1.82, 2.24) is 25.7 Å². The van der Waals surface area contributed by atoms with E-state index in [0.717, 1.165) is 79.6 Å². The first-order valence-corrected chi connectivity index (χ1v) is 22.9. The van der Waals surface area contributed by atoms with Crippen molar-refractivity contribution in [2.75, 3.05) is 24.6 Å². The molecule has 0 spiro atoms. The van der Waals surface area contributed by atoms with Crippen LogP contribution in [0.25, 0.3) is 26.4 Å². The van der Waals surface area contributed by atoms with Gasteiger partial charge in [0.05, 0.1) is 40.5 Å². The monoisotopic (exact) mass is 885 g/mol. The summed E-state index contributed by atoms with van der Waals surface area (Å²) in [7, 11) is 0. The topological polar surface area (TPSA) is 154 Å². The van der Waals surface area contributed by atoms with Crippen LogP contribution >= 0.6 is 11.3 Å². The maximum absolute atomic E-state index is 14.2. The Labute approximate surface area is 380 Å². The molecule has 3 amide bonds. The number of thiazole rings is 1. The van der Waals surface area contributed by atoms with Crippen LogP contribution < -0.4 is 15.5 Å². The molecule has 64 heavy (non-hydrogen) atoms. The van der Waals surface area contributed by atoms with E-state index in [9.17, 15) is 19.5 Å². The molecular weight excluding hydrogens is 827 g/mol. The average molecular weight is 886 g/mol. The van der Waals surface area contributed by atoms with E-state index >= 15 is 0 Å². The number of aromatic nitrogens is 2. The molecule has 14 heteroatoms. The lowest BCUT2D eigenvalue weighted by Crippen LogP contribution is -2.58. The third kappa shape index (κ3) is 10.0. The number of nitrogens with zero attached hydrogens (tertiary/aromatic N) is 5. The summed E-state index contributed by atoms with van der Waals surface area (Å²) in [6.07, 6.45) is 1.43. The maximum atomic E-state index is 14.2. The summed E-state index contributed by atoms with van der Waals surface area (Å²) < 4.78 is 11.2. The van der Waals surface area contributed by atoms with Gasteiger partial charge in [-0.25, -0.2) is 16.4 Å². The number of hydrogen-bond acceptors (Lipinski definition) is 10. The number of aryl methyl sites for hydroxylation is 4. The number of aliphatic hydroxyl groups is 1. The van der Waals surface area contributed by atoms with E-state index < -0.39 is 41.1 Å². The molecule has 3 aromatic carbocycles. The molecule has 1 aliphatic heterocycles. The van der Waals surface area contributed by atoms with Gasteiger partial charge < -0.3 is 39.6 Å². The van der Waals surface area contributed by atoms with Crippen LogP contribution in [0, 0.1) is 39.7 Å². The average Bonchev–Trinajstić information content (AvgIpc) is 3.60. The summed E-state index contributed by atoms with van der Waals surface area (Å²) in [4.78, 5) is 54.3. The zero-order valence-electron chi connectivity index (χ0n) is 38.0.